The van der Waals surface area contributed by atoms with E-state index in [4.69, 9.17) is 14.2 Å². The van der Waals surface area contributed by atoms with Crippen molar-refractivity contribution in [2.24, 2.45) is 0 Å². The van der Waals surface area contributed by atoms with E-state index in [1.165, 1.54) is 11.8 Å². The normalized spacial score (nSPS) is 10.7. The summed E-state index contributed by atoms with van der Waals surface area (Å²) in [6.45, 7) is 6.14. The van der Waals surface area contributed by atoms with Crippen LogP contribution in [0.5, 0.6) is 11.5 Å². The van der Waals surface area contributed by atoms with Crippen LogP contribution >= 0.6 is 23.1 Å². The lowest BCUT2D eigenvalue weighted by molar-refractivity contribution is -0.113. The van der Waals surface area contributed by atoms with Crippen molar-refractivity contribution >= 4 is 51.6 Å². The van der Waals surface area contributed by atoms with Crippen LogP contribution in [0.15, 0.2) is 53.7 Å². The number of nitrogens with zero attached hydrogens (tertiary/aromatic N) is 3. The first-order valence-corrected chi connectivity index (χ1v) is 15.3. The van der Waals surface area contributed by atoms with Gasteiger partial charge in [-0.25, -0.2) is 4.79 Å². The van der Waals surface area contributed by atoms with Gasteiger partial charge in [-0.05, 0) is 56.2 Å². The molecule has 0 saturated heterocycles. The van der Waals surface area contributed by atoms with E-state index in [2.05, 4.69) is 20.8 Å². The Balaban J connectivity index is 1.49. The third kappa shape index (κ3) is 7.54. The maximum Gasteiger partial charge on any atom is 0.348 e. The number of rotatable bonds is 13. The number of aromatic nitrogens is 3. The van der Waals surface area contributed by atoms with E-state index in [-0.39, 0.29) is 33.7 Å². The Labute approximate surface area is 257 Å². The average molecular weight is 624 g/mol. The molecule has 4 rings (SSSR count). The Morgan fingerprint density at radius 2 is 1.72 bits per heavy atom. The predicted molar refractivity (Wildman–Crippen MR) is 167 cm³/mol. The number of carbonyl (C=O) groups is 3. The third-order valence-electron chi connectivity index (χ3n) is 6.37. The van der Waals surface area contributed by atoms with Crippen molar-refractivity contribution in [2.75, 3.05) is 37.2 Å². The second kappa shape index (κ2) is 14.7. The smallest absolute Gasteiger partial charge is 0.348 e. The van der Waals surface area contributed by atoms with E-state index in [0.717, 1.165) is 22.7 Å². The van der Waals surface area contributed by atoms with E-state index in [1.807, 2.05) is 35.8 Å². The SMILES string of the molecule is CCOC(=O)c1sc(NC(=O)CSc2nnc(Cc3ccc(OC)c(OC)c3)n2CC)c(C(=O)Nc2ccccc2)c1C. The van der Waals surface area contributed by atoms with E-state index >= 15 is 0 Å². The highest BCUT2D eigenvalue weighted by atomic mass is 32.2. The lowest BCUT2D eigenvalue weighted by Gasteiger charge is -2.11. The molecular formula is C30H33N5O6S2. The van der Waals surface area contributed by atoms with Gasteiger partial charge in [-0.1, -0.05) is 36.0 Å². The van der Waals surface area contributed by atoms with Crippen LogP contribution in [0.4, 0.5) is 10.7 Å². The summed E-state index contributed by atoms with van der Waals surface area (Å²) >= 11 is 2.24. The summed E-state index contributed by atoms with van der Waals surface area (Å²) in [5.41, 5.74) is 2.21. The van der Waals surface area contributed by atoms with Crippen molar-refractivity contribution < 1.29 is 28.6 Å². The van der Waals surface area contributed by atoms with Gasteiger partial charge in [0.15, 0.2) is 16.7 Å². The van der Waals surface area contributed by atoms with Crippen LogP contribution in [0.2, 0.25) is 0 Å². The van der Waals surface area contributed by atoms with Gasteiger partial charge in [0, 0.05) is 18.7 Å². The predicted octanol–water partition coefficient (Wildman–Crippen LogP) is 5.44. The number of hydrogen-bond donors (Lipinski definition) is 2. The van der Waals surface area contributed by atoms with E-state index in [9.17, 15) is 14.4 Å². The standard InChI is InChI=1S/C30H33N5O6S2/c1-6-35-23(16-19-13-14-21(39-4)22(15-19)40-5)33-34-30(35)42-17-24(36)32-28-25(18(3)26(43-28)29(38)41-7-2)27(37)31-20-11-9-8-10-12-20/h8-15H,6-7,16-17H2,1-5H3,(H,31,37)(H,32,36). The number of thiophene rings is 1. The number of carbonyl (C=O) groups excluding carboxylic acids is 3. The number of amides is 2. The van der Waals surface area contributed by atoms with Gasteiger partial charge in [0.05, 0.1) is 32.1 Å². The van der Waals surface area contributed by atoms with Gasteiger partial charge < -0.3 is 29.4 Å². The number of para-hydroxylation sites is 1. The summed E-state index contributed by atoms with van der Waals surface area (Å²) in [6, 6.07) is 14.6. The van der Waals surface area contributed by atoms with Crippen molar-refractivity contribution in [3.8, 4) is 11.5 Å². The molecule has 2 N–H and O–H groups in total. The van der Waals surface area contributed by atoms with Crippen LogP contribution in [-0.4, -0.2) is 59.1 Å². The molecule has 0 bridgehead atoms. The summed E-state index contributed by atoms with van der Waals surface area (Å²) in [5, 5.41) is 15.2. The van der Waals surface area contributed by atoms with Crippen LogP contribution in [0.25, 0.3) is 0 Å². The second-order valence-electron chi connectivity index (χ2n) is 9.15. The summed E-state index contributed by atoms with van der Waals surface area (Å²) < 4.78 is 17.8. The second-order valence-corrected chi connectivity index (χ2v) is 11.1. The molecule has 11 nitrogen and oxygen atoms in total. The van der Waals surface area contributed by atoms with E-state index in [1.54, 1.807) is 52.3 Å². The van der Waals surface area contributed by atoms with Gasteiger partial charge in [0.2, 0.25) is 5.91 Å². The molecule has 0 atom stereocenters. The van der Waals surface area contributed by atoms with Crippen molar-refractivity contribution in [3.63, 3.8) is 0 Å². The number of ether oxygens (including phenoxy) is 3. The molecule has 0 radical (unpaired) electrons. The highest BCUT2D eigenvalue weighted by Gasteiger charge is 2.27. The number of hydrogen-bond acceptors (Lipinski definition) is 10. The zero-order valence-electron chi connectivity index (χ0n) is 24.6. The zero-order chi connectivity index (χ0) is 30.9. The van der Waals surface area contributed by atoms with Crippen LogP contribution in [0.3, 0.4) is 0 Å². The average Bonchev–Trinajstić information content (AvgIpc) is 3.55. The minimum Gasteiger partial charge on any atom is -0.493 e. The monoisotopic (exact) mass is 623 g/mol. The van der Waals surface area contributed by atoms with Gasteiger partial charge in [0.1, 0.15) is 15.7 Å². The van der Waals surface area contributed by atoms with Gasteiger partial charge in [-0.3, -0.25) is 9.59 Å². The van der Waals surface area contributed by atoms with Gasteiger partial charge in [-0.2, -0.15) is 0 Å². The topological polar surface area (TPSA) is 134 Å². The number of nitrogens with one attached hydrogen (secondary N) is 2. The number of anilines is 2. The molecule has 0 aliphatic rings. The van der Waals surface area contributed by atoms with Crippen LogP contribution < -0.4 is 20.1 Å². The lowest BCUT2D eigenvalue weighted by atomic mass is 10.1. The molecule has 2 amide bonds. The Kier molecular flexibility index (Phi) is 10.8. The summed E-state index contributed by atoms with van der Waals surface area (Å²) in [4.78, 5) is 39.2. The first-order valence-electron chi connectivity index (χ1n) is 13.5. The zero-order valence-corrected chi connectivity index (χ0v) is 26.2. The first-order chi connectivity index (χ1) is 20.8. The largest absolute Gasteiger partial charge is 0.493 e. The van der Waals surface area contributed by atoms with Crippen molar-refractivity contribution in [1.29, 1.82) is 0 Å². The summed E-state index contributed by atoms with van der Waals surface area (Å²) in [5.74, 6) is 0.672. The van der Waals surface area contributed by atoms with Crippen LogP contribution in [-0.2, 0) is 22.5 Å². The third-order valence-corrected chi connectivity index (χ3v) is 8.53. The molecule has 2 heterocycles. The Morgan fingerprint density at radius 3 is 2.40 bits per heavy atom. The van der Waals surface area contributed by atoms with Gasteiger partial charge in [0.25, 0.3) is 5.91 Å². The molecule has 0 aliphatic carbocycles. The minimum absolute atomic E-state index is 0.0138. The molecule has 4 aromatic rings. The molecule has 2 aromatic heterocycles. The Hall–Kier alpha value is -4.36. The highest BCUT2D eigenvalue weighted by Crippen LogP contribution is 2.35. The van der Waals surface area contributed by atoms with Crippen LogP contribution in [0.1, 0.15) is 50.8 Å². The van der Waals surface area contributed by atoms with Crippen molar-refractivity contribution in [2.45, 2.75) is 38.9 Å². The molecule has 0 saturated carbocycles. The molecule has 226 valence electrons. The number of methoxy groups -OCH3 is 2. The molecule has 43 heavy (non-hydrogen) atoms. The maximum atomic E-state index is 13.3. The van der Waals surface area contributed by atoms with Gasteiger partial charge >= 0.3 is 5.97 Å². The maximum absolute atomic E-state index is 13.3. The first kappa shape index (κ1) is 31.6. The van der Waals surface area contributed by atoms with Gasteiger partial charge in [-0.15, -0.1) is 21.5 Å². The van der Waals surface area contributed by atoms with Crippen molar-refractivity contribution in [1.82, 2.24) is 14.8 Å². The van der Waals surface area contributed by atoms with E-state index < -0.39 is 11.9 Å². The number of benzene rings is 2. The number of esters is 1. The fourth-order valence-corrected chi connectivity index (χ4v) is 6.26. The molecule has 13 heteroatoms. The number of thioether (sulfide) groups is 1. The molecule has 0 spiro atoms. The van der Waals surface area contributed by atoms with Crippen LogP contribution in [0, 0.1) is 6.92 Å². The van der Waals surface area contributed by atoms with Crippen molar-refractivity contribution in [3.05, 3.63) is 75.9 Å². The molecule has 2 aromatic carbocycles. The lowest BCUT2D eigenvalue weighted by Crippen LogP contribution is -2.19. The Bertz CT molecular complexity index is 1600. The fraction of sp³-hybridized carbons (Fsp3) is 0.300. The fourth-order valence-electron chi connectivity index (χ4n) is 4.32. The summed E-state index contributed by atoms with van der Waals surface area (Å²) in [6.07, 6.45) is 0.513. The molecule has 0 aliphatic heterocycles. The molecule has 0 unspecified atom stereocenters. The Morgan fingerprint density at radius 1 is 0.977 bits per heavy atom. The molecule has 0 fully saturated rings. The minimum atomic E-state index is -0.549. The summed E-state index contributed by atoms with van der Waals surface area (Å²) in [7, 11) is 3.17. The highest BCUT2D eigenvalue weighted by molar-refractivity contribution is 7.99. The van der Waals surface area contributed by atoms with E-state index in [0.29, 0.717) is 40.9 Å². The quantitative estimate of drug-likeness (QED) is 0.148. The molecular weight excluding hydrogens is 590 g/mol.